The van der Waals surface area contributed by atoms with Crippen molar-refractivity contribution in [2.45, 2.75) is 6.54 Å². The van der Waals surface area contributed by atoms with Crippen molar-refractivity contribution < 1.29 is 0 Å². The molecule has 0 radical (unpaired) electrons. The maximum absolute atomic E-state index is 11.4. The summed E-state index contributed by atoms with van der Waals surface area (Å²) in [6.45, 7) is 0.393. The highest BCUT2D eigenvalue weighted by Crippen LogP contribution is 2.12. The molecular weight excluding hydrogens is 164 g/mol. The molecule has 1 aromatic carbocycles. The number of aromatic nitrogens is 1. The van der Waals surface area contributed by atoms with Crippen molar-refractivity contribution in [3.05, 3.63) is 46.4 Å². The average molecular weight is 174 g/mol. The normalized spacial score (nSPS) is 10.5. The summed E-state index contributed by atoms with van der Waals surface area (Å²) in [5.41, 5.74) is 6.35. The minimum absolute atomic E-state index is 0.0708. The van der Waals surface area contributed by atoms with Crippen LogP contribution in [0.25, 0.3) is 10.8 Å². The van der Waals surface area contributed by atoms with Crippen LogP contribution in [0.1, 0.15) is 5.56 Å². The lowest BCUT2D eigenvalue weighted by Gasteiger charge is -2.01. The molecule has 3 heteroatoms. The van der Waals surface area contributed by atoms with Crippen molar-refractivity contribution in [1.82, 2.24) is 4.98 Å². The second-order valence-corrected chi connectivity index (χ2v) is 2.89. The standard InChI is InChI=1S/C10H10N2O/c11-6-8-3-1-2-7-4-5-12-10(13)9(7)8/h1-5H,6,11H2,(H,12,13). The van der Waals surface area contributed by atoms with E-state index in [4.69, 9.17) is 5.73 Å². The zero-order valence-corrected chi connectivity index (χ0v) is 7.08. The molecule has 2 rings (SSSR count). The van der Waals surface area contributed by atoms with Crippen LogP contribution in [-0.4, -0.2) is 4.98 Å². The fourth-order valence-electron chi connectivity index (χ4n) is 1.49. The lowest BCUT2D eigenvalue weighted by molar-refractivity contribution is 1.08. The van der Waals surface area contributed by atoms with Crippen LogP contribution in [0.3, 0.4) is 0 Å². The lowest BCUT2D eigenvalue weighted by atomic mass is 10.1. The molecule has 13 heavy (non-hydrogen) atoms. The third-order valence-electron chi connectivity index (χ3n) is 2.11. The molecule has 0 aliphatic heterocycles. The Morgan fingerprint density at radius 2 is 2.15 bits per heavy atom. The number of nitrogens with two attached hydrogens (primary N) is 1. The summed E-state index contributed by atoms with van der Waals surface area (Å²) in [5.74, 6) is 0. The highest BCUT2D eigenvalue weighted by atomic mass is 16.1. The van der Waals surface area contributed by atoms with E-state index >= 15 is 0 Å². The monoisotopic (exact) mass is 174 g/mol. The molecule has 1 aromatic heterocycles. The zero-order valence-electron chi connectivity index (χ0n) is 7.08. The fourth-order valence-corrected chi connectivity index (χ4v) is 1.49. The van der Waals surface area contributed by atoms with Gasteiger partial charge in [0.15, 0.2) is 0 Å². The van der Waals surface area contributed by atoms with Crippen molar-refractivity contribution in [3.8, 4) is 0 Å². The van der Waals surface area contributed by atoms with Crippen LogP contribution in [0.4, 0.5) is 0 Å². The van der Waals surface area contributed by atoms with Crippen LogP contribution in [-0.2, 0) is 6.54 Å². The van der Waals surface area contributed by atoms with E-state index in [1.54, 1.807) is 6.20 Å². The van der Waals surface area contributed by atoms with Crippen molar-refractivity contribution in [3.63, 3.8) is 0 Å². The van der Waals surface area contributed by atoms with Crippen molar-refractivity contribution >= 4 is 10.8 Å². The Labute approximate surface area is 75.2 Å². The van der Waals surface area contributed by atoms with E-state index in [2.05, 4.69) is 4.98 Å². The summed E-state index contributed by atoms with van der Waals surface area (Å²) >= 11 is 0. The molecule has 3 N–H and O–H groups in total. The molecule has 0 fully saturated rings. The summed E-state index contributed by atoms with van der Waals surface area (Å²) in [6.07, 6.45) is 1.64. The second-order valence-electron chi connectivity index (χ2n) is 2.89. The van der Waals surface area contributed by atoms with Crippen LogP contribution in [0, 0.1) is 0 Å². The molecular formula is C10H10N2O. The molecule has 0 atom stereocenters. The van der Waals surface area contributed by atoms with Gasteiger partial charge in [-0.15, -0.1) is 0 Å². The summed E-state index contributed by atoms with van der Waals surface area (Å²) in [5, 5.41) is 1.64. The highest BCUT2D eigenvalue weighted by molar-refractivity contribution is 5.84. The van der Waals surface area contributed by atoms with Gasteiger partial charge in [-0.3, -0.25) is 4.79 Å². The molecule has 0 spiro atoms. The van der Waals surface area contributed by atoms with Gasteiger partial charge >= 0.3 is 0 Å². The number of benzene rings is 1. The number of H-pyrrole nitrogens is 1. The van der Waals surface area contributed by atoms with Gasteiger partial charge in [0.1, 0.15) is 0 Å². The van der Waals surface area contributed by atoms with E-state index in [1.807, 2.05) is 24.3 Å². The number of nitrogens with one attached hydrogen (secondary N) is 1. The molecule has 0 saturated carbocycles. The van der Waals surface area contributed by atoms with Gasteiger partial charge in [-0.2, -0.15) is 0 Å². The van der Waals surface area contributed by atoms with Crippen molar-refractivity contribution in [1.29, 1.82) is 0 Å². The van der Waals surface area contributed by atoms with Gasteiger partial charge in [0.2, 0.25) is 0 Å². The molecule has 0 aliphatic rings. The Kier molecular flexibility index (Phi) is 1.87. The number of hydrogen-bond donors (Lipinski definition) is 2. The molecule has 0 unspecified atom stereocenters. The molecule has 0 aliphatic carbocycles. The predicted molar refractivity (Wildman–Crippen MR) is 52.5 cm³/mol. The highest BCUT2D eigenvalue weighted by Gasteiger charge is 2.01. The second kappa shape index (κ2) is 3.03. The van der Waals surface area contributed by atoms with E-state index in [0.29, 0.717) is 11.9 Å². The molecule has 0 saturated heterocycles. The smallest absolute Gasteiger partial charge is 0.256 e. The van der Waals surface area contributed by atoms with Gasteiger partial charge < -0.3 is 10.7 Å². The number of fused-ring (bicyclic) bond motifs is 1. The fraction of sp³-hybridized carbons (Fsp3) is 0.100. The van der Waals surface area contributed by atoms with Gasteiger partial charge in [-0.25, -0.2) is 0 Å². The van der Waals surface area contributed by atoms with E-state index in [-0.39, 0.29) is 5.56 Å². The summed E-state index contributed by atoms with van der Waals surface area (Å²) < 4.78 is 0. The molecule has 2 aromatic rings. The largest absolute Gasteiger partial charge is 0.329 e. The van der Waals surface area contributed by atoms with Crippen molar-refractivity contribution in [2.75, 3.05) is 0 Å². The third kappa shape index (κ3) is 1.23. The van der Waals surface area contributed by atoms with E-state index < -0.39 is 0 Å². The quantitative estimate of drug-likeness (QED) is 0.677. The molecule has 0 amide bonds. The summed E-state index contributed by atoms with van der Waals surface area (Å²) in [4.78, 5) is 14.1. The summed E-state index contributed by atoms with van der Waals surface area (Å²) in [7, 11) is 0. The Balaban J connectivity index is 2.95. The van der Waals surface area contributed by atoms with E-state index in [1.165, 1.54) is 0 Å². The first-order valence-corrected chi connectivity index (χ1v) is 4.12. The van der Waals surface area contributed by atoms with Gasteiger partial charge in [0.25, 0.3) is 5.56 Å². The SMILES string of the molecule is NCc1cccc2cc[nH]c(=O)c12. The molecule has 66 valence electrons. The topological polar surface area (TPSA) is 58.9 Å². The maximum atomic E-state index is 11.4. The molecule has 0 bridgehead atoms. The van der Waals surface area contributed by atoms with Gasteiger partial charge in [-0.1, -0.05) is 18.2 Å². The maximum Gasteiger partial charge on any atom is 0.256 e. The zero-order chi connectivity index (χ0) is 9.26. The van der Waals surface area contributed by atoms with Crippen LogP contribution in [0.2, 0.25) is 0 Å². The minimum atomic E-state index is -0.0708. The Morgan fingerprint density at radius 3 is 2.92 bits per heavy atom. The van der Waals surface area contributed by atoms with Crippen LogP contribution in [0.5, 0.6) is 0 Å². The van der Waals surface area contributed by atoms with E-state index in [0.717, 1.165) is 10.9 Å². The Hall–Kier alpha value is -1.61. The van der Waals surface area contributed by atoms with Gasteiger partial charge in [0, 0.05) is 12.7 Å². The molecule has 3 nitrogen and oxygen atoms in total. The minimum Gasteiger partial charge on any atom is -0.329 e. The number of pyridine rings is 1. The predicted octanol–water partition coefficient (Wildman–Crippen LogP) is 0.987. The summed E-state index contributed by atoms with van der Waals surface area (Å²) in [6, 6.07) is 7.56. The lowest BCUT2D eigenvalue weighted by Crippen LogP contribution is -2.09. The van der Waals surface area contributed by atoms with Gasteiger partial charge in [0.05, 0.1) is 5.39 Å². The van der Waals surface area contributed by atoms with Crippen LogP contribution < -0.4 is 11.3 Å². The Morgan fingerprint density at radius 1 is 1.31 bits per heavy atom. The third-order valence-corrected chi connectivity index (χ3v) is 2.11. The number of rotatable bonds is 1. The Bertz CT molecular complexity index is 482. The first kappa shape index (κ1) is 8.01. The average Bonchev–Trinajstić information content (AvgIpc) is 2.17. The first-order chi connectivity index (χ1) is 6.33. The van der Waals surface area contributed by atoms with Crippen LogP contribution in [0.15, 0.2) is 35.3 Å². The first-order valence-electron chi connectivity index (χ1n) is 4.12. The van der Waals surface area contributed by atoms with Crippen LogP contribution >= 0.6 is 0 Å². The van der Waals surface area contributed by atoms with Crippen molar-refractivity contribution in [2.24, 2.45) is 5.73 Å². The van der Waals surface area contributed by atoms with E-state index in [9.17, 15) is 4.79 Å². The number of aromatic amines is 1. The number of hydrogen-bond acceptors (Lipinski definition) is 2. The van der Waals surface area contributed by atoms with Gasteiger partial charge in [-0.05, 0) is 17.0 Å². The molecule has 1 heterocycles.